The molecule has 2 rings (SSSR count). The molecule has 0 saturated carbocycles. The van der Waals surface area contributed by atoms with Crippen LogP contribution in [0.15, 0.2) is 12.1 Å². The number of phenols is 1. The van der Waals surface area contributed by atoms with Crippen LogP contribution in [-0.4, -0.2) is 36.2 Å². The number of nitrogens with one attached hydrogen (secondary N) is 1. The van der Waals surface area contributed by atoms with Crippen molar-refractivity contribution in [3.05, 3.63) is 28.3 Å². The van der Waals surface area contributed by atoms with Crippen molar-refractivity contribution in [1.29, 1.82) is 0 Å². The predicted molar refractivity (Wildman–Crippen MR) is 89.1 cm³/mol. The summed E-state index contributed by atoms with van der Waals surface area (Å²) in [5, 5.41) is 14.6. The van der Waals surface area contributed by atoms with Crippen LogP contribution in [0.3, 0.4) is 0 Å². The van der Waals surface area contributed by atoms with E-state index < -0.39 is 0 Å². The van der Waals surface area contributed by atoms with E-state index in [1.165, 1.54) is 0 Å². The van der Waals surface area contributed by atoms with Crippen LogP contribution < -0.4 is 5.32 Å². The Morgan fingerprint density at radius 2 is 1.90 bits per heavy atom. The van der Waals surface area contributed by atoms with E-state index in [0.717, 1.165) is 50.1 Å². The first-order valence-electron chi connectivity index (χ1n) is 7.92. The van der Waals surface area contributed by atoms with Gasteiger partial charge in [0.25, 0.3) is 0 Å². The molecule has 0 bridgehead atoms. The Morgan fingerprint density at radius 3 is 2.52 bits per heavy atom. The largest absolute Gasteiger partial charge is 0.507 e. The highest BCUT2D eigenvalue weighted by atomic mass is 35.5. The molecule has 118 valence electrons. The molecule has 2 N–H and O–H groups in total. The Bertz CT molecular complexity index is 470. The minimum Gasteiger partial charge on any atom is -0.507 e. The molecule has 1 fully saturated rings. The van der Waals surface area contributed by atoms with Gasteiger partial charge in [-0.25, -0.2) is 0 Å². The van der Waals surface area contributed by atoms with Gasteiger partial charge >= 0.3 is 0 Å². The first-order valence-corrected chi connectivity index (χ1v) is 8.30. The summed E-state index contributed by atoms with van der Waals surface area (Å²) in [7, 11) is 0. The number of piperazine rings is 1. The fourth-order valence-corrected chi connectivity index (χ4v) is 3.32. The Kier molecular flexibility index (Phi) is 5.91. The van der Waals surface area contributed by atoms with E-state index in [1.807, 2.05) is 19.1 Å². The van der Waals surface area contributed by atoms with Crippen molar-refractivity contribution >= 4 is 11.6 Å². The number of rotatable bonds is 5. The lowest BCUT2D eigenvalue weighted by molar-refractivity contribution is 0.157. The van der Waals surface area contributed by atoms with E-state index in [2.05, 4.69) is 24.1 Å². The van der Waals surface area contributed by atoms with Gasteiger partial charge < -0.3 is 10.4 Å². The average molecular weight is 311 g/mol. The number of benzene rings is 1. The van der Waals surface area contributed by atoms with Crippen LogP contribution in [0.2, 0.25) is 5.02 Å². The topological polar surface area (TPSA) is 35.5 Å². The van der Waals surface area contributed by atoms with E-state index >= 15 is 0 Å². The quantitative estimate of drug-likeness (QED) is 0.869. The maximum absolute atomic E-state index is 10.5. The molecule has 1 aromatic rings. The summed E-state index contributed by atoms with van der Waals surface area (Å²) in [5.74, 6) is 1.07. The SMILES string of the molecule is Cc1cc(Cl)cc([C@H](CCC(C)C)N2CCNCC2)c1O. The fourth-order valence-electron chi connectivity index (χ4n) is 3.04. The molecule has 3 nitrogen and oxygen atoms in total. The zero-order valence-electron chi connectivity index (χ0n) is 13.3. The third-order valence-electron chi connectivity index (χ3n) is 4.26. The van der Waals surface area contributed by atoms with Gasteiger partial charge in [0.05, 0.1) is 0 Å². The van der Waals surface area contributed by atoms with E-state index in [-0.39, 0.29) is 6.04 Å². The van der Waals surface area contributed by atoms with Crippen molar-refractivity contribution < 1.29 is 5.11 Å². The molecule has 0 radical (unpaired) electrons. The maximum atomic E-state index is 10.5. The zero-order valence-corrected chi connectivity index (χ0v) is 14.1. The molecule has 0 aliphatic carbocycles. The normalized spacial score (nSPS) is 18.1. The van der Waals surface area contributed by atoms with Crippen molar-refractivity contribution in [2.24, 2.45) is 5.92 Å². The van der Waals surface area contributed by atoms with Crippen molar-refractivity contribution in [3.8, 4) is 5.75 Å². The second-order valence-electron chi connectivity index (χ2n) is 6.43. The lowest BCUT2D eigenvalue weighted by atomic mass is 9.94. The minimum atomic E-state index is 0.256. The smallest absolute Gasteiger partial charge is 0.123 e. The monoisotopic (exact) mass is 310 g/mol. The minimum absolute atomic E-state index is 0.256. The molecule has 0 aromatic heterocycles. The summed E-state index contributed by atoms with van der Waals surface area (Å²) >= 11 is 6.23. The van der Waals surface area contributed by atoms with Crippen LogP contribution in [0.4, 0.5) is 0 Å². The second-order valence-corrected chi connectivity index (χ2v) is 6.87. The number of aromatic hydroxyl groups is 1. The number of phenolic OH excluding ortho intramolecular Hbond substituents is 1. The lowest BCUT2D eigenvalue weighted by Gasteiger charge is -2.36. The molecule has 1 saturated heterocycles. The number of hydrogen-bond acceptors (Lipinski definition) is 3. The van der Waals surface area contributed by atoms with Gasteiger partial charge in [-0.15, -0.1) is 0 Å². The highest BCUT2D eigenvalue weighted by molar-refractivity contribution is 6.30. The Balaban J connectivity index is 2.29. The van der Waals surface area contributed by atoms with E-state index in [1.54, 1.807) is 0 Å². The van der Waals surface area contributed by atoms with Gasteiger partial charge in [0.2, 0.25) is 0 Å². The summed E-state index contributed by atoms with van der Waals surface area (Å²) in [4.78, 5) is 2.48. The van der Waals surface area contributed by atoms with Crippen LogP contribution >= 0.6 is 11.6 Å². The van der Waals surface area contributed by atoms with Gasteiger partial charge in [0.1, 0.15) is 5.75 Å². The van der Waals surface area contributed by atoms with E-state index in [0.29, 0.717) is 16.7 Å². The first-order chi connectivity index (χ1) is 9.99. The molecule has 1 atom stereocenters. The number of aryl methyl sites for hydroxylation is 1. The third-order valence-corrected chi connectivity index (χ3v) is 4.48. The van der Waals surface area contributed by atoms with Gasteiger partial charge in [0.15, 0.2) is 0 Å². The molecule has 1 heterocycles. The standard InChI is InChI=1S/C17H27ClN2O/c1-12(2)4-5-16(20-8-6-19-7-9-20)15-11-14(18)10-13(3)17(15)21/h10-12,16,19,21H,4-9H2,1-3H3/t16-/m0/s1. The lowest BCUT2D eigenvalue weighted by Crippen LogP contribution is -2.45. The zero-order chi connectivity index (χ0) is 15.4. The fraction of sp³-hybridized carbons (Fsp3) is 0.647. The Morgan fingerprint density at radius 1 is 1.24 bits per heavy atom. The summed E-state index contributed by atoms with van der Waals surface area (Å²) in [5.41, 5.74) is 1.85. The molecule has 0 spiro atoms. The number of nitrogens with zero attached hydrogens (tertiary/aromatic N) is 1. The molecule has 21 heavy (non-hydrogen) atoms. The van der Waals surface area contributed by atoms with Crippen molar-refractivity contribution in [1.82, 2.24) is 10.2 Å². The van der Waals surface area contributed by atoms with E-state index in [9.17, 15) is 5.11 Å². The van der Waals surface area contributed by atoms with Gasteiger partial charge in [-0.1, -0.05) is 25.4 Å². The predicted octanol–water partition coefficient (Wildman–Crippen LogP) is 3.74. The molecule has 1 aliphatic heterocycles. The second kappa shape index (κ2) is 7.48. The number of hydrogen-bond donors (Lipinski definition) is 2. The summed E-state index contributed by atoms with van der Waals surface area (Å²) in [6.45, 7) is 10.5. The number of halogens is 1. The first kappa shape index (κ1) is 16.6. The summed E-state index contributed by atoms with van der Waals surface area (Å²) in [6.07, 6.45) is 2.21. The van der Waals surface area contributed by atoms with Crippen LogP contribution in [0.5, 0.6) is 5.75 Å². The van der Waals surface area contributed by atoms with Crippen molar-refractivity contribution in [2.75, 3.05) is 26.2 Å². The summed E-state index contributed by atoms with van der Waals surface area (Å²) in [6, 6.07) is 4.03. The van der Waals surface area contributed by atoms with Gasteiger partial charge in [-0.2, -0.15) is 0 Å². The van der Waals surface area contributed by atoms with Gasteiger partial charge in [-0.3, -0.25) is 4.90 Å². The van der Waals surface area contributed by atoms with Crippen LogP contribution in [0.25, 0.3) is 0 Å². The average Bonchev–Trinajstić information content (AvgIpc) is 2.45. The molecule has 4 heteroatoms. The van der Waals surface area contributed by atoms with Gasteiger partial charge in [-0.05, 0) is 43.4 Å². The molecule has 1 aliphatic rings. The molecule has 0 unspecified atom stereocenters. The molecule has 0 amide bonds. The highest BCUT2D eigenvalue weighted by Gasteiger charge is 2.25. The van der Waals surface area contributed by atoms with Crippen molar-refractivity contribution in [3.63, 3.8) is 0 Å². The van der Waals surface area contributed by atoms with Crippen molar-refractivity contribution in [2.45, 2.75) is 39.7 Å². The third kappa shape index (κ3) is 4.35. The maximum Gasteiger partial charge on any atom is 0.123 e. The molecular weight excluding hydrogens is 284 g/mol. The van der Waals surface area contributed by atoms with Crippen LogP contribution in [0.1, 0.15) is 43.9 Å². The molecule has 1 aromatic carbocycles. The summed E-state index contributed by atoms with van der Waals surface area (Å²) < 4.78 is 0. The Hall–Kier alpha value is -0.770. The highest BCUT2D eigenvalue weighted by Crippen LogP contribution is 2.37. The Labute approximate surface area is 133 Å². The van der Waals surface area contributed by atoms with Crippen LogP contribution in [-0.2, 0) is 0 Å². The van der Waals surface area contributed by atoms with Gasteiger partial charge in [0, 0.05) is 42.8 Å². The molecular formula is C17H27ClN2O. The van der Waals surface area contributed by atoms with E-state index in [4.69, 9.17) is 11.6 Å². The van der Waals surface area contributed by atoms with Crippen LogP contribution in [0, 0.1) is 12.8 Å².